The van der Waals surface area contributed by atoms with E-state index in [2.05, 4.69) is 10.6 Å². The molecule has 0 unspecified atom stereocenters. The first kappa shape index (κ1) is 25.6. The fourth-order valence-corrected chi connectivity index (χ4v) is 3.26. The van der Waals surface area contributed by atoms with Crippen LogP contribution in [0.2, 0.25) is 0 Å². The summed E-state index contributed by atoms with van der Waals surface area (Å²) in [7, 11) is 6.17. The molecule has 12 nitrogen and oxygen atoms in total. The van der Waals surface area contributed by atoms with Crippen LogP contribution >= 0.6 is 0 Å². The van der Waals surface area contributed by atoms with E-state index >= 15 is 0 Å². The van der Waals surface area contributed by atoms with Gasteiger partial charge in [0.15, 0.2) is 23.0 Å². The zero-order chi connectivity index (χ0) is 26.6. The Labute approximate surface area is 207 Å². The third kappa shape index (κ3) is 5.38. The second kappa shape index (κ2) is 10.5. The van der Waals surface area contributed by atoms with E-state index in [1.165, 1.54) is 36.2 Å². The second-order valence-corrected chi connectivity index (χ2v) is 7.65. The first-order chi connectivity index (χ1) is 17.0. The number of hydrogen-bond acceptors (Lipinski definition) is 8. The highest BCUT2D eigenvalue weighted by Crippen LogP contribution is 2.29. The number of carbonyl (C=O) groups is 2. The van der Waals surface area contributed by atoms with Crippen LogP contribution in [0.15, 0.2) is 47.8 Å². The van der Waals surface area contributed by atoms with Gasteiger partial charge in [-0.25, -0.2) is 0 Å². The number of guanidine groups is 2. The molecule has 2 fully saturated rings. The zero-order valence-electron chi connectivity index (χ0n) is 20.0. The van der Waals surface area contributed by atoms with Crippen molar-refractivity contribution in [1.82, 2.24) is 20.4 Å². The summed E-state index contributed by atoms with van der Waals surface area (Å²) < 4.78 is 9.98. The van der Waals surface area contributed by atoms with Crippen LogP contribution in [-0.2, 0) is 9.59 Å². The van der Waals surface area contributed by atoms with Crippen molar-refractivity contribution in [2.75, 3.05) is 28.3 Å². The molecule has 2 aliphatic rings. The number of benzene rings is 2. The molecular formula is C24H26N6O6. The van der Waals surface area contributed by atoms with E-state index in [4.69, 9.17) is 20.3 Å². The maximum Gasteiger partial charge on any atom is 0.274 e. The first-order valence-corrected chi connectivity index (χ1v) is 10.5. The molecule has 2 saturated heterocycles. The lowest BCUT2D eigenvalue weighted by Crippen LogP contribution is -2.25. The number of hydrogen-bond donors (Lipinski definition) is 6. The molecule has 6 N–H and O–H groups in total. The van der Waals surface area contributed by atoms with Gasteiger partial charge in [-0.3, -0.25) is 31.0 Å². The van der Waals surface area contributed by atoms with Crippen LogP contribution in [0.5, 0.6) is 23.0 Å². The van der Waals surface area contributed by atoms with Gasteiger partial charge in [0.1, 0.15) is 11.4 Å². The molecule has 2 heterocycles. The van der Waals surface area contributed by atoms with Crippen LogP contribution in [0.3, 0.4) is 0 Å². The van der Waals surface area contributed by atoms with Crippen molar-refractivity contribution in [3.63, 3.8) is 0 Å². The van der Waals surface area contributed by atoms with Crippen molar-refractivity contribution >= 4 is 35.9 Å². The topological polar surface area (TPSA) is 171 Å². The van der Waals surface area contributed by atoms with Crippen LogP contribution in [0.25, 0.3) is 12.2 Å². The molecule has 188 valence electrons. The number of phenolic OH excluding ortho intramolecular Hbond substituents is 2. The highest BCUT2D eigenvalue weighted by molar-refractivity contribution is 6.15. The molecule has 2 aromatic carbocycles. The average Bonchev–Trinajstić information content (AvgIpc) is 3.24. The zero-order valence-corrected chi connectivity index (χ0v) is 20.0. The smallest absolute Gasteiger partial charge is 0.274 e. The normalized spacial score (nSPS) is 17.2. The molecule has 0 saturated carbocycles. The molecule has 2 aromatic rings. The Morgan fingerprint density at radius 3 is 1.39 bits per heavy atom. The van der Waals surface area contributed by atoms with Gasteiger partial charge in [0.2, 0.25) is 11.9 Å². The summed E-state index contributed by atoms with van der Waals surface area (Å²) in [6, 6.07) is 9.53. The predicted octanol–water partition coefficient (Wildman–Crippen LogP) is 1.48. The van der Waals surface area contributed by atoms with Crippen molar-refractivity contribution in [2.45, 2.75) is 0 Å². The summed E-state index contributed by atoms with van der Waals surface area (Å²) in [5.41, 5.74) is 2.15. The van der Waals surface area contributed by atoms with Crippen LogP contribution in [-0.4, -0.2) is 72.1 Å². The number of methoxy groups -OCH3 is 2. The van der Waals surface area contributed by atoms with E-state index in [-0.39, 0.29) is 35.2 Å². The van der Waals surface area contributed by atoms with Gasteiger partial charge in [-0.15, -0.1) is 0 Å². The molecule has 0 aromatic heterocycles. The number of ether oxygens (including phenoxy) is 2. The number of nitrogens with one attached hydrogen (secondary N) is 4. The first-order valence-electron chi connectivity index (χ1n) is 10.5. The Kier molecular flexibility index (Phi) is 7.48. The van der Waals surface area contributed by atoms with E-state index in [0.717, 1.165) is 0 Å². The Morgan fingerprint density at radius 2 is 1.11 bits per heavy atom. The number of amides is 2. The monoisotopic (exact) mass is 494 g/mol. The second-order valence-electron chi connectivity index (χ2n) is 7.65. The summed E-state index contributed by atoms with van der Waals surface area (Å²) >= 11 is 0. The number of phenols is 2. The van der Waals surface area contributed by atoms with Crippen molar-refractivity contribution in [2.24, 2.45) is 0 Å². The number of carbonyl (C=O) groups excluding carboxylic acids is 2. The number of likely N-dealkylation sites (N-methyl/N-ethyl adjacent to an activating group) is 2. The quantitative estimate of drug-likeness (QED) is 0.347. The number of rotatable bonds is 4. The number of nitrogens with zero attached hydrogens (tertiary/aromatic N) is 2. The van der Waals surface area contributed by atoms with Gasteiger partial charge >= 0.3 is 0 Å². The summed E-state index contributed by atoms with van der Waals surface area (Å²) in [6.07, 6.45) is 3.25. The summed E-state index contributed by atoms with van der Waals surface area (Å²) in [6.45, 7) is 0. The lowest BCUT2D eigenvalue weighted by molar-refractivity contribution is -0.116. The Morgan fingerprint density at radius 1 is 0.750 bits per heavy atom. The molecular weight excluding hydrogens is 468 g/mol. The molecule has 0 radical (unpaired) electrons. The van der Waals surface area contributed by atoms with Gasteiger partial charge in [0.05, 0.1) is 14.2 Å². The lowest BCUT2D eigenvalue weighted by atomic mass is 10.1. The van der Waals surface area contributed by atoms with Crippen LogP contribution in [0, 0.1) is 10.8 Å². The van der Waals surface area contributed by atoms with E-state index in [1.807, 2.05) is 0 Å². The fourth-order valence-electron chi connectivity index (χ4n) is 3.26. The van der Waals surface area contributed by atoms with E-state index in [9.17, 15) is 19.8 Å². The van der Waals surface area contributed by atoms with Gasteiger partial charge in [-0.1, -0.05) is 12.1 Å². The molecule has 0 spiro atoms. The van der Waals surface area contributed by atoms with E-state index < -0.39 is 0 Å². The average molecular weight is 495 g/mol. The molecule has 0 bridgehead atoms. The van der Waals surface area contributed by atoms with Gasteiger partial charge in [0, 0.05) is 14.1 Å². The third-order valence-corrected chi connectivity index (χ3v) is 5.34. The lowest BCUT2D eigenvalue weighted by Gasteiger charge is -2.09. The predicted molar refractivity (Wildman–Crippen MR) is 133 cm³/mol. The van der Waals surface area contributed by atoms with Crippen LogP contribution in [0.1, 0.15) is 11.1 Å². The third-order valence-electron chi connectivity index (χ3n) is 5.34. The molecule has 0 aliphatic carbocycles. The van der Waals surface area contributed by atoms with Crippen molar-refractivity contribution in [1.29, 1.82) is 10.8 Å². The van der Waals surface area contributed by atoms with E-state index in [0.29, 0.717) is 34.0 Å². The molecule has 12 heteroatoms. The highest BCUT2D eigenvalue weighted by atomic mass is 16.5. The Bertz CT molecular complexity index is 1200. The van der Waals surface area contributed by atoms with Crippen molar-refractivity contribution in [3.8, 4) is 23.0 Å². The minimum Gasteiger partial charge on any atom is -0.504 e. The van der Waals surface area contributed by atoms with Gasteiger partial charge in [-0.2, -0.15) is 0 Å². The fraction of sp³-hybridized carbons (Fsp3) is 0.167. The standard InChI is InChI=1S/2C12H13N3O3/c2*1-15-8(11(17)14-12(15)13)5-7-3-4-9(16)10(6-7)18-2/h2*3-6,16H,1-2H3,(H2,13,14,17). The van der Waals surface area contributed by atoms with Crippen LogP contribution < -0.4 is 20.1 Å². The van der Waals surface area contributed by atoms with Crippen molar-refractivity contribution < 1.29 is 29.3 Å². The summed E-state index contributed by atoms with van der Waals surface area (Å²) in [4.78, 5) is 26.0. The minimum absolute atomic E-state index is 0.0385. The molecule has 2 amide bonds. The SMILES string of the molecule is COc1cc(C=C2C(=O)NC(=N)N2C)ccc1O.COc1cc(C=C2C(=O)NC(=N)N2C)ccc1O. The molecule has 4 rings (SSSR count). The van der Waals surface area contributed by atoms with Crippen molar-refractivity contribution in [3.05, 3.63) is 58.9 Å². The summed E-state index contributed by atoms with van der Waals surface area (Å²) in [5, 5.41) is 38.7. The molecule has 36 heavy (non-hydrogen) atoms. The maximum atomic E-state index is 11.6. The molecule has 2 aliphatic heterocycles. The van der Waals surface area contributed by atoms with Crippen LogP contribution in [0.4, 0.5) is 0 Å². The minimum atomic E-state index is -0.324. The maximum absolute atomic E-state index is 11.6. The summed E-state index contributed by atoms with van der Waals surface area (Å²) in [5.74, 6) is 0.173. The van der Waals surface area contributed by atoms with Gasteiger partial charge in [-0.05, 0) is 47.5 Å². The van der Waals surface area contributed by atoms with E-state index in [1.54, 1.807) is 50.5 Å². The largest absolute Gasteiger partial charge is 0.504 e. The highest BCUT2D eigenvalue weighted by Gasteiger charge is 2.27. The van der Waals surface area contributed by atoms with Gasteiger partial charge in [0.25, 0.3) is 11.8 Å². The Hall–Kier alpha value is -5.00. The number of aromatic hydroxyl groups is 2. The molecule has 0 atom stereocenters. The van der Waals surface area contributed by atoms with Gasteiger partial charge < -0.3 is 29.5 Å². The Balaban J connectivity index is 0.000000201.